The van der Waals surface area contributed by atoms with Crippen molar-refractivity contribution in [3.8, 4) is 0 Å². The van der Waals surface area contributed by atoms with Gasteiger partial charge in [0, 0.05) is 55.2 Å². The highest BCUT2D eigenvalue weighted by Crippen LogP contribution is 2.67. The molecule has 7 heteroatoms. The zero-order valence-electron chi connectivity index (χ0n) is 28.4. The molecule has 6 aromatic carbocycles. The predicted octanol–water partition coefficient (Wildman–Crippen LogP) is 11.6. The first-order valence-corrected chi connectivity index (χ1v) is 21.1. The lowest BCUT2D eigenvalue weighted by Crippen LogP contribution is -2.45. The van der Waals surface area contributed by atoms with Crippen LogP contribution in [0.25, 0.3) is 54.8 Å². The molecule has 0 radical (unpaired) electrons. The lowest BCUT2D eigenvalue weighted by Gasteiger charge is -2.45. The van der Waals surface area contributed by atoms with Gasteiger partial charge in [-0.05, 0) is 73.9 Å². The van der Waals surface area contributed by atoms with E-state index in [1.165, 1.54) is 52.4 Å². The Morgan fingerprint density at radius 3 is 2.15 bits per heavy atom. The van der Waals surface area contributed by atoms with Crippen molar-refractivity contribution >= 4 is 117 Å². The molecule has 6 heterocycles. The molecule has 1 saturated carbocycles. The summed E-state index contributed by atoms with van der Waals surface area (Å²) in [4.78, 5) is 5.07. The van der Waals surface area contributed by atoms with Crippen LogP contribution in [0.5, 0.6) is 0 Å². The summed E-state index contributed by atoms with van der Waals surface area (Å²) in [5, 5.41) is 9.17. The van der Waals surface area contributed by atoms with E-state index in [4.69, 9.17) is 25.1 Å². The fraction of sp³-hybridized carbons (Fsp3) is 0.156. The SMILES string of the molecule is Cc1cc2c3c(c1)P1(=S)c4c(cc5c(oc6ccccc65)c4N3C3CCCCC23)N(c2ccc3oc4ccccc4c3c2)c2oc3ccccc3c21. The molecule has 5 nitrogen and oxygen atoms in total. The first-order chi connectivity index (χ1) is 25.6. The maximum atomic E-state index is 7.42. The minimum Gasteiger partial charge on any atom is -0.456 e. The summed E-state index contributed by atoms with van der Waals surface area (Å²) < 4.78 is 20.4. The van der Waals surface area contributed by atoms with Crippen LogP contribution in [0.15, 0.2) is 122 Å². The van der Waals surface area contributed by atoms with Gasteiger partial charge in [0.15, 0.2) is 5.58 Å². The van der Waals surface area contributed by atoms with Crippen molar-refractivity contribution in [3.63, 3.8) is 0 Å². The molecule has 3 atom stereocenters. The van der Waals surface area contributed by atoms with E-state index in [0.29, 0.717) is 12.0 Å². The Labute approximate surface area is 304 Å². The second-order valence-corrected chi connectivity index (χ2v) is 19.3. The summed E-state index contributed by atoms with van der Waals surface area (Å²) in [5.41, 5.74) is 11.8. The van der Waals surface area contributed by atoms with Crippen molar-refractivity contribution in [2.24, 2.45) is 0 Å². The number of hydrogen-bond donors (Lipinski definition) is 0. The third-order valence-electron chi connectivity index (χ3n) is 12.4. The van der Waals surface area contributed by atoms with Crippen LogP contribution >= 0.6 is 6.04 Å². The fourth-order valence-corrected chi connectivity index (χ4v) is 15.4. The standard InChI is InChI=1S/C45H31N2O3PS/c1-24-20-31-26-10-2-6-14-33(26)47-40(31)39(21-24)51(52)43-29-13-5-9-17-37(29)50-45(43)46(25-18-19-38-30(22-25)27-11-3-7-15-35(27)48-38)34-23-32-28-12-4-8-16-36(28)49-42(32)41(47)44(34)51/h3-5,7-9,11-13,15-23,26,33H,2,6,10,14H2,1H3. The maximum Gasteiger partial charge on any atom is 0.214 e. The summed E-state index contributed by atoms with van der Waals surface area (Å²) >= 11 is 7.42. The van der Waals surface area contributed by atoms with Gasteiger partial charge in [-0.1, -0.05) is 90.9 Å². The summed E-state index contributed by atoms with van der Waals surface area (Å²) in [7, 11) is 0. The summed E-state index contributed by atoms with van der Waals surface area (Å²) in [6.45, 7) is 2.26. The molecular formula is C45H31N2O3PS. The molecule has 250 valence electrons. The Balaban J connectivity index is 1.24. The normalized spacial score (nSPS) is 21.3. The van der Waals surface area contributed by atoms with Crippen LogP contribution in [0.3, 0.4) is 0 Å². The number of benzene rings is 6. The third-order valence-corrected chi connectivity index (χ3v) is 17.2. The highest BCUT2D eigenvalue weighted by atomic mass is 32.4. The van der Waals surface area contributed by atoms with Crippen LogP contribution in [-0.4, -0.2) is 6.04 Å². The number of hydrogen-bond acceptors (Lipinski definition) is 6. The monoisotopic (exact) mass is 710 g/mol. The molecule has 13 rings (SSSR count). The van der Waals surface area contributed by atoms with Gasteiger partial charge in [0.1, 0.15) is 22.3 Å². The molecule has 0 spiro atoms. The molecule has 0 saturated heterocycles. The van der Waals surface area contributed by atoms with Gasteiger partial charge in [-0.15, -0.1) is 0 Å². The molecule has 52 heavy (non-hydrogen) atoms. The summed E-state index contributed by atoms with van der Waals surface area (Å²) in [5.74, 6) is 1.29. The zero-order valence-corrected chi connectivity index (χ0v) is 30.1. The number of anilines is 5. The largest absolute Gasteiger partial charge is 0.456 e. The van der Waals surface area contributed by atoms with Gasteiger partial charge in [0.2, 0.25) is 5.88 Å². The van der Waals surface area contributed by atoms with E-state index in [1.807, 2.05) is 12.1 Å². The van der Waals surface area contributed by atoms with Crippen LogP contribution in [0.4, 0.5) is 28.6 Å². The van der Waals surface area contributed by atoms with Gasteiger partial charge >= 0.3 is 0 Å². The Kier molecular flexibility index (Phi) is 5.21. The minimum absolute atomic E-state index is 0.362. The number of nitrogens with zero attached hydrogens (tertiary/aromatic N) is 2. The first-order valence-electron chi connectivity index (χ1n) is 18.3. The first kappa shape index (κ1) is 28.3. The van der Waals surface area contributed by atoms with Crippen LogP contribution < -0.4 is 25.7 Å². The quantitative estimate of drug-likeness (QED) is 0.158. The second-order valence-electron chi connectivity index (χ2n) is 15.1. The number of rotatable bonds is 1. The Morgan fingerprint density at radius 2 is 1.33 bits per heavy atom. The Hall–Kier alpha value is -5.29. The van der Waals surface area contributed by atoms with E-state index in [9.17, 15) is 0 Å². The summed E-state index contributed by atoms with van der Waals surface area (Å²) in [6, 6.07) is 36.7. The van der Waals surface area contributed by atoms with Crippen molar-refractivity contribution in [1.29, 1.82) is 0 Å². The smallest absolute Gasteiger partial charge is 0.214 e. The number of fused-ring (bicyclic) bond motifs is 16. The van der Waals surface area contributed by atoms with Crippen molar-refractivity contribution in [2.45, 2.75) is 44.6 Å². The van der Waals surface area contributed by atoms with Gasteiger partial charge in [0.25, 0.3) is 0 Å². The molecule has 3 aliphatic heterocycles. The molecule has 9 aromatic rings. The van der Waals surface area contributed by atoms with E-state index in [2.05, 4.69) is 114 Å². The predicted molar refractivity (Wildman–Crippen MR) is 217 cm³/mol. The van der Waals surface area contributed by atoms with Crippen LogP contribution in [0.2, 0.25) is 0 Å². The highest BCUT2D eigenvalue weighted by molar-refractivity contribution is 8.26. The maximum absolute atomic E-state index is 7.42. The molecule has 1 fully saturated rings. The highest BCUT2D eigenvalue weighted by Gasteiger charge is 2.54. The number of furan rings is 3. The molecule has 3 aromatic heterocycles. The topological polar surface area (TPSA) is 45.9 Å². The van der Waals surface area contributed by atoms with Crippen molar-refractivity contribution < 1.29 is 13.3 Å². The average molecular weight is 711 g/mol. The molecule has 3 unspecified atom stereocenters. The molecule has 0 bridgehead atoms. The molecule has 4 aliphatic rings. The second kappa shape index (κ2) is 9.57. The van der Waals surface area contributed by atoms with Crippen molar-refractivity contribution in [3.05, 3.63) is 120 Å². The average Bonchev–Trinajstić information content (AvgIpc) is 3.93. The van der Waals surface area contributed by atoms with E-state index >= 15 is 0 Å². The summed E-state index contributed by atoms with van der Waals surface area (Å²) in [6.07, 6.45) is 4.84. The lowest BCUT2D eigenvalue weighted by atomic mass is 9.82. The van der Waals surface area contributed by atoms with Crippen LogP contribution in [0.1, 0.15) is 42.7 Å². The zero-order chi connectivity index (χ0) is 34.0. The fourth-order valence-electron chi connectivity index (χ4n) is 10.4. The molecule has 0 N–H and O–H groups in total. The van der Waals surface area contributed by atoms with E-state index < -0.39 is 6.04 Å². The van der Waals surface area contributed by atoms with E-state index in [-0.39, 0.29) is 0 Å². The van der Waals surface area contributed by atoms with Crippen molar-refractivity contribution in [1.82, 2.24) is 0 Å². The van der Waals surface area contributed by atoms with Crippen LogP contribution in [-0.2, 0) is 11.8 Å². The third kappa shape index (κ3) is 3.27. The van der Waals surface area contributed by atoms with Gasteiger partial charge < -0.3 is 18.2 Å². The lowest BCUT2D eigenvalue weighted by molar-refractivity contribution is 0.402. The van der Waals surface area contributed by atoms with Gasteiger partial charge in [-0.25, -0.2) is 0 Å². The molecule has 1 aliphatic carbocycles. The number of aryl methyl sites for hydroxylation is 1. The van der Waals surface area contributed by atoms with E-state index in [0.717, 1.165) is 83.8 Å². The molecule has 0 amide bonds. The number of para-hydroxylation sites is 3. The van der Waals surface area contributed by atoms with Crippen molar-refractivity contribution in [2.75, 3.05) is 9.80 Å². The minimum atomic E-state index is -2.72. The van der Waals surface area contributed by atoms with Crippen LogP contribution in [0, 0.1) is 6.92 Å². The van der Waals surface area contributed by atoms with E-state index in [1.54, 1.807) is 0 Å². The van der Waals surface area contributed by atoms with Gasteiger partial charge in [0.05, 0.1) is 28.4 Å². The Morgan fingerprint density at radius 1 is 0.635 bits per heavy atom. The van der Waals surface area contributed by atoms with Gasteiger partial charge in [-0.3, -0.25) is 4.90 Å². The molecular weight excluding hydrogens is 680 g/mol. The Bertz CT molecular complexity index is 3130. The van der Waals surface area contributed by atoms with Gasteiger partial charge in [-0.2, -0.15) is 0 Å².